The molecule has 21 heavy (non-hydrogen) atoms. The van der Waals surface area contributed by atoms with E-state index in [9.17, 15) is 0 Å². The zero-order valence-electron chi connectivity index (χ0n) is 12.6. The van der Waals surface area contributed by atoms with Crippen LogP contribution in [0.5, 0.6) is 0 Å². The van der Waals surface area contributed by atoms with Crippen LogP contribution in [0.4, 0.5) is 0 Å². The van der Waals surface area contributed by atoms with Crippen LogP contribution in [0.2, 0.25) is 5.02 Å². The Hall–Kier alpha value is -1.80. The van der Waals surface area contributed by atoms with Gasteiger partial charge in [0, 0.05) is 16.6 Å². The van der Waals surface area contributed by atoms with Gasteiger partial charge in [-0.2, -0.15) is 0 Å². The van der Waals surface area contributed by atoms with Crippen LogP contribution in [-0.4, -0.2) is 9.55 Å². The van der Waals surface area contributed by atoms with Gasteiger partial charge in [-0.15, -0.1) is 0 Å². The molecule has 3 heteroatoms. The number of rotatable bonds is 3. The Labute approximate surface area is 130 Å². The summed E-state index contributed by atoms with van der Waals surface area (Å²) in [5.41, 5.74) is 4.50. The van der Waals surface area contributed by atoms with Crippen LogP contribution in [0, 0.1) is 6.92 Å². The zero-order valence-corrected chi connectivity index (χ0v) is 13.4. The van der Waals surface area contributed by atoms with Gasteiger partial charge in [-0.25, -0.2) is 4.98 Å². The third-order valence-electron chi connectivity index (χ3n) is 3.99. The van der Waals surface area contributed by atoms with Gasteiger partial charge in [0.15, 0.2) is 0 Å². The molecular weight excluding hydrogens is 280 g/mol. The summed E-state index contributed by atoms with van der Waals surface area (Å²) >= 11 is 6.17. The van der Waals surface area contributed by atoms with Crippen LogP contribution < -0.4 is 0 Å². The lowest BCUT2D eigenvalue weighted by Gasteiger charge is -2.16. The number of halogens is 1. The normalized spacial score (nSPS) is 12.8. The number of aryl methyl sites for hydroxylation is 1. The third kappa shape index (κ3) is 2.56. The first kappa shape index (κ1) is 14.2. The molecule has 0 aliphatic heterocycles. The second kappa shape index (κ2) is 5.53. The van der Waals surface area contributed by atoms with Gasteiger partial charge >= 0.3 is 0 Å². The van der Waals surface area contributed by atoms with Gasteiger partial charge in [-0.1, -0.05) is 48.4 Å². The predicted molar refractivity (Wildman–Crippen MR) is 89.9 cm³/mol. The second-order valence-corrected chi connectivity index (χ2v) is 6.00. The molecule has 1 aromatic heterocycles. The van der Waals surface area contributed by atoms with E-state index in [-0.39, 0.29) is 0 Å². The highest BCUT2D eigenvalue weighted by atomic mass is 35.5. The summed E-state index contributed by atoms with van der Waals surface area (Å²) in [6.45, 7) is 6.51. The molecular formula is C18H19ClN2. The molecule has 2 nitrogen and oxygen atoms in total. The van der Waals surface area contributed by atoms with E-state index in [1.807, 2.05) is 18.2 Å². The van der Waals surface area contributed by atoms with Gasteiger partial charge in [-0.05, 0) is 38.5 Å². The second-order valence-electron chi connectivity index (χ2n) is 5.56. The SMILES string of the molecule is CCC(C)n1c(-c2ccc(C)cc2)nc2ccc(Cl)cc21. The monoisotopic (exact) mass is 298 g/mol. The average molecular weight is 299 g/mol. The highest BCUT2D eigenvalue weighted by molar-refractivity contribution is 6.31. The quantitative estimate of drug-likeness (QED) is 0.612. The first-order chi connectivity index (χ1) is 10.1. The van der Waals surface area contributed by atoms with Crippen molar-refractivity contribution in [3.63, 3.8) is 0 Å². The molecule has 0 spiro atoms. The molecule has 0 saturated heterocycles. The maximum Gasteiger partial charge on any atom is 0.141 e. The molecule has 108 valence electrons. The van der Waals surface area contributed by atoms with E-state index < -0.39 is 0 Å². The summed E-state index contributed by atoms with van der Waals surface area (Å²) in [6, 6.07) is 14.8. The van der Waals surface area contributed by atoms with Gasteiger partial charge in [0.05, 0.1) is 11.0 Å². The van der Waals surface area contributed by atoms with Crippen LogP contribution in [-0.2, 0) is 0 Å². The van der Waals surface area contributed by atoms with E-state index >= 15 is 0 Å². The lowest BCUT2D eigenvalue weighted by Crippen LogP contribution is -2.05. The van der Waals surface area contributed by atoms with E-state index in [2.05, 4.69) is 49.6 Å². The summed E-state index contributed by atoms with van der Waals surface area (Å²) in [5, 5.41) is 0.752. The van der Waals surface area contributed by atoms with Crippen molar-refractivity contribution in [2.45, 2.75) is 33.2 Å². The Morgan fingerprint density at radius 2 is 1.86 bits per heavy atom. The van der Waals surface area contributed by atoms with Gasteiger partial charge < -0.3 is 4.57 Å². The fourth-order valence-electron chi connectivity index (χ4n) is 2.60. The summed E-state index contributed by atoms with van der Waals surface area (Å²) in [7, 11) is 0. The van der Waals surface area contributed by atoms with Crippen LogP contribution in [0.3, 0.4) is 0 Å². The fourth-order valence-corrected chi connectivity index (χ4v) is 2.77. The first-order valence-electron chi connectivity index (χ1n) is 7.34. The maximum absolute atomic E-state index is 6.17. The average Bonchev–Trinajstić information content (AvgIpc) is 2.85. The topological polar surface area (TPSA) is 17.8 Å². The first-order valence-corrected chi connectivity index (χ1v) is 7.72. The number of aromatic nitrogens is 2. The molecule has 0 bridgehead atoms. The van der Waals surface area contributed by atoms with E-state index in [1.165, 1.54) is 5.56 Å². The fraction of sp³-hybridized carbons (Fsp3) is 0.278. The highest BCUT2D eigenvalue weighted by Crippen LogP contribution is 2.31. The molecule has 1 atom stereocenters. The molecule has 0 aliphatic carbocycles. The number of hydrogen-bond acceptors (Lipinski definition) is 1. The largest absolute Gasteiger partial charge is 0.321 e. The summed E-state index contributed by atoms with van der Waals surface area (Å²) < 4.78 is 2.30. The summed E-state index contributed by atoms with van der Waals surface area (Å²) in [5.74, 6) is 1.02. The number of nitrogens with zero attached hydrogens (tertiary/aromatic N) is 2. The third-order valence-corrected chi connectivity index (χ3v) is 4.23. The Kier molecular flexibility index (Phi) is 3.73. The van der Waals surface area contributed by atoms with Crippen molar-refractivity contribution in [2.75, 3.05) is 0 Å². The Morgan fingerprint density at radius 3 is 2.52 bits per heavy atom. The van der Waals surface area contributed by atoms with Crippen LogP contribution in [0.25, 0.3) is 22.4 Å². The van der Waals surface area contributed by atoms with Crippen molar-refractivity contribution in [1.29, 1.82) is 0 Å². The van der Waals surface area contributed by atoms with Crippen molar-refractivity contribution >= 4 is 22.6 Å². The molecule has 2 aromatic carbocycles. The lowest BCUT2D eigenvalue weighted by atomic mass is 10.1. The maximum atomic E-state index is 6.17. The lowest BCUT2D eigenvalue weighted by molar-refractivity contribution is 0.550. The molecule has 0 amide bonds. The molecule has 3 rings (SSSR count). The number of hydrogen-bond donors (Lipinski definition) is 0. The molecule has 0 saturated carbocycles. The smallest absolute Gasteiger partial charge is 0.141 e. The molecule has 0 radical (unpaired) electrons. The van der Waals surface area contributed by atoms with Gasteiger partial charge in [0.25, 0.3) is 0 Å². The molecule has 0 aliphatic rings. The summed E-state index contributed by atoms with van der Waals surface area (Å²) in [6.07, 6.45) is 1.05. The Morgan fingerprint density at radius 1 is 1.14 bits per heavy atom. The zero-order chi connectivity index (χ0) is 15.0. The van der Waals surface area contributed by atoms with E-state index in [4.69, 9.17) is 16.6 Å². The minimum absolute atomic E-state index is 0.379. The number of fused-ring (bicyclic) bond motifs is 1. The van der Waals surface area contributed by atoms with Crippen LogP contribution in [0.1, 0.15) is 31.9 Å². The van der Waals surface area contributed by atoms with Gasteiger partial charge in [0.1, 0.15) is 5.82 Å². The molecule has 1 unspecified atom stereocenters. The predicted octanol–water partition coefficient (Wildman–Crippen LogP) is 5.64. The Balaban J connectivity index is 2.28. The van der Waals surface area contributed by atoms with Crippen molar-refractivity contribution in [2.24, 2.45) is 0 Å². The minimum atomic E-state index is 0.379. The van der Waals surface area contributed by atoms with E-state index in [1.54, 1.807) is 0 Å². The minimum Gasteiger partial charge on any atom is -0.321 e. The van der Waals surface area contributed by atoms with Gasteiger partial charge in [-0.3, -0.25) is 0 Å². The number of benzene rings is 2. The molecule has 0 N–H and O–H groups in total. The van der Waals surface area contributed by atoms with Crippen molar-refractivity contribution < 1.29 is 0 Å². The highest BCUT2D eigenvalue weighted by Gasteiger charge is 2.16. The standard InChI is InChI=1S/C18H19ClN2/c1-4-13(3)21-17-11-15(19)9-10-16(17)20-18(21)14-7-5-12(2)6-8-14/h5-11,13H,4H2,1-3H3. The van der Waals surface area contributed by atoms with E-state index in [0.717, 1.165) is 33.9 Å². The molecule has 0 fully saturated rings. The molecule has 3 aromatic rings. The molecule has 1 heterocycles. The van der Waals surface area contributed by atoms with Crippen LogP contribution >= 0.6 is 11.6 Å². The van der Waals surface area contributed by atoms with Gasteiger partial charge in [0.2, 0.25) is 0 Å². The van der Waals surface area contributed by atoms with Crippen molar-refractivity contribution in [1.82, 2.24) is 9.55 Å². The number of imidazole rings is 1. The van der Waals surface area contributed by atoms with Crippen molar-refractivity contribution in [3.8, 4) is 11.4 Å². The van der Waals surface area contributed by atoms with Crippen molar-refractivity contribution in [3.05, 3.63) is 53.1 Å². The van der Waals surface area contributed by atoms with Crippen LogP contribution in [0.15, 0.2) is 42.5 Å². The summed E-state index contributed by atoms with van der Waals surface area (Å²) in [4.78, 5) is 4.83. The van der Waals surface area contributed by atoms with E-state index in [0.29, 0.717) is 6.04 Å². The Bertz CT molecular complexity index is 772.